The fraction of sp³-hybridized carbons (Fsp3) is 0.400. The molecule has 1 aliphatic heterocycles. The number of fused-ring (bicyclic) bond motifs is 1. The van der Waals surface area contributed by atoms with Gasteiger partial charge in [-0.2, -0.15) is 0 Å². The number of piperidine rings is 1. The molecule has 3 rings (SSSR count). The molecule has 0 atom stereocenters. The van der Waals surface area contributed by atoms with Gasteiger partial charge < -0.3 is 4.90 Å². The van der Waals surface area contributed by atoms with Crippen LogP contribution < -0.4 is 4.90 Å². The molecule has 1 aromatic heterocycles. The first-order valence-electron chi connectivity index (χ1n) is 6.56. The molecular weight excluding hydrogens is 244 g/mol. The fourth-order valence-corrected chi connectivity index (χ4v) is 2.80. The van der Waals surface area contributed by atoms with Crippen molar-refractivity contribution in [3.63, 3.8) is 0 Å². The van der Waals surface area contributed by atoms with Crippen LogP contribution in [0, 0.1) is 6.92 Å². The van der Waals surface area contributed by atoms with Crippen LogP contribution in [0.2, 0.25) is 5.15 Å². The minimum absolute atomic E-state index is 0.618. The van der Waals surface area contributed by atoms with Gasteiger partial charge in [-0.1, -0.05) is 23.7 Å². The molecule has 0 bridgehead atoms. The molecule has 0 amide bonds. The molecule has 0 N–H and O–H groups in total. The number of hydrogen-bond acceptors (Lipinski definition) is 2. The molecule has 2 aromatic rings. The van der Waals surface area contributed by atoms with Gasteiger partial charge in [0.1, 0.15) is 5.15 Å². The maximum Gasteiger partial charge on any atom is 0.132 e. The van der Waals surface area contributed by atoms with Crippen molar-refractivity contribution < 1.29 is 0 Å². The molecule has 1 aliphatic rings. The Morgan fingerprint density at radius 2 is 1.94 bits per heavy atom. The highest BCUT2D eigenvalue weighted by Gasteiger charge is 2.14. The standard InChI is InChI=1S/C15H17ClN2/c1-11-10-12-6-5-7-13(14(12)17-15(11)16)18-8-3-2-4-9-18/h5-7,10H,2-4,8-9H2,1H3. The van der Waals surface area contributed by atoms with Crippen LogP contribution in [0.4, 0.5) is 5.69 Å². The zero-order valence-electron chi connectivity index (χ0n) is 10.6. The van der Waals surface area contributed by atoms with E-state index in [1.165, 1.54) is 30.3 Å². The van der Waals surface area contributed by atoms with Gasteiger partial charge in [0.2, 0.25) is 0 Å². The second-order valence-corrected chi connectivity index (χ2v) is 5.35. The number of hydrogen-bond donors (Lipinski definition) is 0. The lowest BCUT2D eigenvalue weighted by molar-refractivity contribution is 0.579. The average Bonchev–Trinajstić information content (AvgIpc) is 2.40. The number of halogens is 1. The van der Waals surface area contributed by atoms with Gasteiger partial charge in [0.15, 0.2) is 0 Å². The Balaban J connectivity index is 2.13. The molecule has 94 valence electrons. The summed E-state index contributed by atoms with van der Waals surface area (Å²) < 4.78 is 0. The zero-order valence-corrected chi connectivity index (χ0v) is 11.4. The van der Waals surface area contributed by atoms with Gasteiger partial charge in [-0.15, -0.1) is 0 Å². The molecule has 0 radical (unpaired) electrons. The van der Waals surface area contributed by atoms with Crippen LogP contribution in [-0.2, 0) is 0 Å². The third-order valence-electron chi connectivity index (χ3n) is 3.65. The summed E-state index contributed by atoms with van der Waals surface area (Å²) in [7, 11) is 0. The largest absolute Gasteiger partial charge is 0.370 e. The fourth-order valence-electron chi connectivity index (χ4n) is 2.66. The number of para-hydroxylation sites is 1. The molecule has 1 aromatic carbocycles. The molecular formula is C15H17ClN2. The highest BCUT2D eigenvalue weighted by molar-refractivity contribution is 6.30. The Bertz CT molecular complexity index is 574. The van der Waals surface area contributed by atoms with E-state index in [9.17, 15) is 0 Å². The van der Waals surface area contributed by atoms with E-state index in [-0.39, 0.29) is 0 Å². The highest BCUT2D eigenvalue weighted by atomic mass is 35.5. The van der Waals surface area contributed by atoms with Crippen LogP contribution >= 0.6 is 11.6 Å². The van der Waals surface area contributed by atoms with E-state index in [1.54, 1.807) is 0 Å². The molecule has 0 aliphatic carbocycles. The lowest BCUT2D eigenvalue weighted by atomic mass is 10.1. The molecule has 2 nitrogen and oxygen atoms in total. The first kappa shape index (κ1) is 11.8. The first-order valence-corrected chi connectivity index (χ1v) is 6.94. The topological polar surface area (TPSA) is 16.1 Å². The number of aromatic nitrogens is 1. The summed E-state index contributed by atoms with van der Waals surface area (Å²) >= 11 is 6.17. The predicted octanol–water partition coefficient (Wildman–Crippen LogP) is 4.19. The van der Waals surface area contributed by atoms with Crippen molar-refractivity contribution in [1.82, 2.24) is 4.98 Å². The lowest BCUT2D eigenvalue weighted by Gasteiger charge is -2.29. The van der Waals surface area contributed by atoms with Crippen molar-refractivity contribution in [1.29, 1.82) is 0 Å². The van der Waals surface area contributed by atoms with E-state index >= 15 is 0 Å². The van der Waals surface area contributed by atoms with Crippen LogP contribution in [0.5, 0.6) is 0 Å². The number of benzene rings is 1. The van der Waals surface area contributed by atoms with Gasteiger partial charge in [0, 0.05) is 18.5 Å². The van der Waals surface area contributed by atoms with E-state index in [4.69, 9.17) is 11.6 Å². The van der Waals surface area contributed by atoms with E-state index in [1.807, 2.05) is 6.92 Å². The minimum Gasteiger partial charge on any atom is -0.370 e. The van der Waals surface area contributed by atoms with Crippen LogP contribution in [-0.4, -0.2) is 18.1 Å². The van der Waals surface area contributed by atoms with Crippen molar-refractivity contribution in [2.75, 3.05) is 18.0 Å². The lowest BCUT2D eigenvalue weighted by Crippen LogP contribution is -2.29. The first-order chi connectivity index (χ1) is 8.75. The highest BCUT2D eigenvalue weighted by Crippen LogP contribution is 2.29. The van der Waals surface area contributed by atoms with Gasteiger partial charge in [0.05, 0.1) is 11.2 Å². The zero-order chi connectivity index (χ0) is 12.5. The van der Waals surface area contributed by atoms with E-state index in [0.29, 0.717) is 5.15 Å². The van der Waals surface area contributed by atoms with Gasteiger partial charge in [-0.3, -0.25) is 0 Å². The Morgan fingerprint density at radius 1 is 1.17 bits per heavy atom. The quantitative estimate of drug-likeness (QED) is 0.715. The van der Waals surface area contributed by atoms with Crippen LogP contribution in [0.25, 0.3) is 10.9 Å². The van der Waals surface area contributed by atoms with E-state index in [2.05, 4.69) is 34.1 Å². The molecule has 1 saturated heterocycles. The molecule has 0 unspecified atom stereocenters. The summed E-state index contributed by atoms with van der Waals surface area (Å²) in [6.07, 6.45) is 3.89. The van der Waals surface area contributed by atoms with Gasteiger partial charge in [0.25, 0.3) is 0 Å². The summed E-state index contributed by atoms with van der Waals surface area (Å²) in [5.41, 5.74) is 3.31. The Kier molecular flexibility index (Phi) is 3.13. The Labute approximate surface area is 113 Å². The number of anilines is 1. The summed E-state index contributed by atoms with van der Waals surface area (Å²) in [5, 5.41) is 1.80. The monoisotopic (exact) mass is 260 g/mol. The summed E-state index contributed by atoms with van der Waals surface area (Å²) in [6.45, 7) is 4.26. The minimum atomic E-state index is 0.618. The van der Waals surface area contributed by atoms with Crippen molar-refractivity contribution in [3.05, 3.63) is 35.0 Å². The average molecular weight is 261 g/mol. The molecule has 3 heteroatoms. The van der Waals surface area contributed by atoms with Crippen LogP contribution in [0.3, 0.4) is 0 Å². The van der Waals surface area contributed by atoms with Crippen molar-refractivity contribution in [2.45, 2.75) is 26.2 Å². The van der Waals surface area contributed by atoms with E-state index in [0.717, 1.165) is 24.2 Å². The number of pyridine rings is 1. The van der Waals surface area contributed by atoms with Crippen LogP contribution in [0.1, 0.15) is 24.8 Å². The SMILES string of the molecule is Cc1cc2cccc(N3CCCCC3)c2nc1Cl. The van der Waals surface area contributed by atoms with Gasteiger partial charge >= 0.3 is 0 Å². The summed E-state index contributed by atoms with van der Waals surface area (Å²) in [4.78, 5) is 7.01. The number of nitrogens with zero attached hydrogens (tertiary/aromatic N) is 2. The number of aryl methyl sites for hydroxylation is 1. The Morgan fingerprint density at radius 3 is 2.72 bits per heavy atom. The van der Waals surface area contributed by atoms with Crippen LogP contribution in [0.15, 0.2) is 24.3 Å². The van der Waals surface area contributed by atoms with E-state index < -0.39 is 0 Å². The molecule has 18 heavy (non-hydrogen) atoms. The second kappa shape index (κ2) is 4.77. The van der Waals surface area contributed by atoms with Gasteiger partial charge in [-0.05, 0) is 43.9 Å². The molecule has 2 heterocycles. The number of rotatable bonds is 1. The van der Waals surface area contributed by atoms with Gasteiger partial charge in [-0.25, -0.2) is 4.98 Å². The van der Waals surface area contributed by atoms with Crippen molar-refractivity contribution in [2.24, 2.45) is 0 Å². The summed E-state index contributed by atoms with van der Waals surface area (Å²) in [5.74, 6) is 0. The maximum atomic E-state index is 6.17. The molecule has 1 fully saturated rings. The molecule has 0 saturated carbocycles. The smallest absolute Gasteiger partial charge is 0.132 e. The third kappa shape index (κ3) is 2.05. The summed E-state index contributed by atoms with van der Waals surface area (Å²) in [6, 6.07) is 8.50. The Hall–Kier alpha value is -1.28. The maximum absolute atomic E-state index is 6.17. The molecule has 0 spiro atoms. The van der Waals surface area contributed by atoms with Crippen molar-refractivity contribution >= 4 is 28.2 Å². The van der Waals surface area contributed by atoms with Crippen molar-refractivity contribution in [3.8, 4) is 0 Å². The normalized spacial score (nSPS) is 16.2. The predicted molar refractivity (Wildman–Crippen MR) is 77.6 cm³/mol. The third-order valence-corrected chi connectivity index (χ3v) is 4.03. The second-order valence-electron chi connectivity index (χ2n) is 4.99.